The number of piperidine rings is 1. The lowest BCUT2D eigenvalue weighted by Crippen LogP contribution is -2.38. The van der Waals surface area contributed by atoms with Crippen molar-refractivity contribution in [3.63, 3.8) is 0 Å². The molecule has 2 atom stereocenters. The molecule has 0 radical (unpaired) electrons. The van der Waals surface area contributed by atoms with E-state index in [1.807, 2.05) is 30.6 Å². The number of β-amino-alcohol motifs (C(OH)–C–C–N with tert-alkyl or cyclic N) is 1. The first-order valence-corrected chi connectivity index (χ1v) is 8.98. The van der Waals surface area contributed by atoms with Crippen LogP contribution < -0.4 is 0 Å². The van der Waals surface area contributed by atoms with Gasteiger partial charge in [0.25, 0.3) is 0 Å². The fraction of sp³-hybridized carbons (Fsp3) is 0.556. The zero-order chi connectivity index (χ0) is 17.1. The molecule has 24 heavy (non-hydrogen) atoms. The second-order valence-corrected chi connectivity index (χ2v) is 7.23. The summed E-state index contributed by atoms with van der Waals surface area (Å²) in [6, 6.07) is 7.87. The normalized spacial score (nSPS) is 20.5. The van der Waals surface area contributed by atoms with E-state index in [0.717, 1.165) is 37.3 Å². The average molecular weight is 349 g/mol. The largest absolute Gasteiger partial charge is 0.387 e. The monoisotopic (exact) mass is 348 g/mol. The van der Waals surface area contributed by atoms with Crippen molar-refractivity contribution in [1.29, 1.82) is 0 Å². The van der Waals surface area contributed by atoms with Gasteiger partial charge in [-0.15, -0.1) is 10.2 Å². The minimum Gasteiger partial charge on any atom is -0.387 e. The Hall–Kier alpha value is -1.43. The molecule has 1 N–H and O–H groups in total. The molecule has 1 aliphatic heterocycles. The van der Waals surface area contributed by atoms with Crippen molar-refractivity contribution in [2.75, 3.05) is 19.6 Å². The van der Waals surface area contributed by atoms with E-state index in [-0.39, 0.29) is 0 Å². The first-order valence-electron chi connectivity index (χ1n) is 8.60. The van der Waals surface area contributed by atoms with Gasteiger partial charge in [-0.25, -0.2) is 0 Å². The predicted octanol–water partition coefficient (Wildman–Crippen LogP) is 3.43. The van der Waals surface area contributed by atoms with Gasteiger partial charge in [-0.3, -0.25) is 4.90 Å². The quantitative estimate of drug-likeness (QED) is 0.899. The molecule has 0 spiro atoms. The molecule has 0 aliphatic carbocycles. The molecule has 0 bridgehead atoms. The molecule has 1 aliphatic rings. The molecule has 1 aromatic heterocycles. The summed E-state index contributed by atoms with van der Waals surface area (Å²) in [6.45, 7) is 6.78. The summed E-state index contributed by atoms with van der Waals surface area (Å²) in [5, 5.41) is 19.6. The Morgan fingerprint density at radius 3 is 2.88 bits per heavy atom. The van der Waals surface area contributed by atoms with Crippen LogP contribution in [0.4, 0.5) is 0 Å². The van der Waals surface area contributed by atoms with Gasteiger partial charge in [0.15, 0.2) is 0 Å². The second kappa shape index (κ2) is 7.64. The van der Waals surface area contributed by atoms with E-state index in [4.69, 9.17) is 11.6 Å². The molecule has 1 saturated heterocycles. The smallest absolute Gasteiger partial charge is 0.137 e. The van der Waals surface area contributed by atoms with Crippen LogP contribution in [-0.4, -0.2) is 44.4 Å². The van der Waals surface area contributed by atoms with Gasteiger partial charge < -0.3 is 9.67 Å². The molecule has 1 aromatic carbocycles. The maximum atomic E-state index is 10.6. The number of rotatable bonds is 5. The van der Waals surface area contributed by atoms with E-state index in [2.05, 4.69) is 33.5 Å². The van der Waals surface area contributed by atoms with Gasteiger partial charge in [-0.2, -0.15) is 0 Å². The number of benzene rings is 1. The number of aromatic nitrogens is 3. The molecule has 1 fully saturated rings. The lowest BCUT2D eigenvalue weighted by atomic mass is 9.96. The summed E-state index contributed by atoms with van der Waals surface area (Å²) in [6.07, 6.45) is 3.47. The van der Waals surface area contributed by atoms with E-state index in [9.17, 15) is 5.11 Å². The molecule has 6 heteroatoms. The minimum absolute atomic E-state index is 0.360. The lowest BCUT2D eigenvalue weighted by molar-refractivity contribution is 0.0939. The number of hydrogen-bond acceptors (Lipinski definition) is 4. The zero-order valence-corrected chi connectivity index (χ0v) is 15.0. The molecule has 3 rings (SSSR count). The van der Waals surface area contributed by atoms with Gasteiger partial charge in [0.2, 0.25) is 0 Å². The maximum absolute atomic E-state index is 10.6. The first kappa shape index (κ1) is 17.4. The van der Waals surface area contributed by atoms with Crippen molar-refractivity contribution in [2.24, 2.45) is 0 Å². The summed E-state index contributed by atoms with van der Waals surface area (Å²) < 4.78 is 2.15. The van der Waals surface area contributed by atoms with Crippen LogP contribution in [0.1, 0.15) is 56.1 Å². The van der Waals surface area contributed by atoms with Gasteiger partial charge in [0.05, 0.1) is 6.10 Å². The summed E-state index contributed by atoms with van der Waals surface area (Å²) >= 11 is 6.20. The van der Waals surface area contributed by atoms with Gasteiger partial charge in [-0.1, -0.05) is 29.8 Å². The van der Waals surface area contributed by atoms with Crippen LogP contribution in [0.5, 0.6) is 0 Å². The molecule has 130 valence electrons. The highest BCUT2D eigenvalue weighted by molar-refractivity contribution is 6.31. The third-order valence-electron chi connectivity index (χ3n) is 4.72. The van der Waals surface area contributed by atoms with Crippen LogP contribution in [0.2, 0.25) is 5.02 Å². The number of hydrogen-bond donors (Lipinski definition) is 1. The Kier molecular flexibility index (Phi) is 5.54. The Morgan fingerprint density at radius 1 is 1.33 bits per heavy atom. The molecule has 2 unspecified atom stereocenters. The van der Waals surface area contributed by atoms with Crippen LogP contribution in [-0.2, 0) is 0 Å². The lowest BCUT2D eigenvalue weighted by Gasteiger charge is -2.34. The van der Waals surface area contributed by atoms with Gasteiger partial charge >= 0.3 is 0 Å². The average Bonchev–Trinajstić information content (AvgIpc) is 3.05. The van der Waals surface area contributed by atoms with Crippen molar-refractivity contribution in [3.05, 3.63) is 47.0 Å². The molecule has 5 nitrogen and oxygen atoms in total. The van der Waals surface area contributed by atoms with Gasteiger partial charge in [0, 0.05) is 35.6 Å². The highest BCUT2D eigenvalue weighted by Crippen LogP contribution is 2.29. The van der Waals surface area contributed by atoms with Crippen LogP contribution in [0, 0.1) is 0 Å². The number of nitrogens with zero attached hydrogens (tertiary/aromatic N) is 4. The van der Waals surface area contributed by atoms with Crippen LogP contribution in [0.15, 0.2) is 30.6 Å². The van der Waals surface area contributed by atoms with E-state index in [0.29, 0.717) is 23.5 Å². The van der Waals surface area contributed by atoms with Crippen LogP contribution in [0.3, 0.4) is 0 Å². The van der Waals surface area contributed by atoms with Crippen molar-refractivity contribution in [3.8, 4) is 0 Å². The van der Waals surface area contributed by atoms with E-state index < -0.39 is 6.10 Å². The van der Waals surface area contributed by atoms with E-state index >= 15 is 0 Å². The number of halogens is 1. The highest BCUT2D eigenvalue weighted by Gasteiger charge is 2.27. The molecule has 2 heterocycles. The number of likely N-dealkylation sites (tertiary alicyclic amines) is 1. The first-order chi connectivity index (χ1) is 11.6. The maximum Gasteiger partial charge on any atom is 0.137 e. The third-order valence-corrected chi connectivity index (χ3v) is 5.07. The Balaban J connectivity index is 1.68. The third kappa shape index (κ3) is 3.79. The predicted molar refractivity (Wildman–Crippen MR) is 95.2 cm³/mol. The number of aliphatic hydroxyl groups is 1. The van der Waals surface area contributed by atoms with Crippen molar-refractivity contribution >= 4 is 11.6 Å². The minimum atomic E-state index is -0.569. The van der Waals surface area contributed by atoms with Crippen molar-refractivity contribution in [1.82, 2.24) is 19.7 Å². The Labute approximate surface area is 148 Å². The Morgan fingerprint density at radius 2 is 2.12 bits per heavy atom. The fourth-order valence-electron chi connectivity index (χ4n) is 3.46. The Bertz CT molecular complexity index is 673. The SMILES string of the molecule is CC(C)n1cnnc1C1CCCN(CC(O)c2ccccc2Cl)C1. The van der Waals surface area contributed by atoms with Gasteiger partial charge in [-0.05, 0) is 39.3 Å². The summed E-state index contributed by atoms with van der Waals surface area (Å²) in [7, 11) is 0. The van der Waals surface area contributed by atoms with Crippen molar-refractivity contribution < 1.29 is 5.11 Å². The topological polar surface area (TPSA) is 54.2 Å². The van der Waals surface area contributed by atoms with Gasteiger partial charge in [0.1, 0.15) is 12.2 Å². The molecular weight excluding hydrogens is 324 g/mol. The molecular formula is C18H25ClN4O. The van der Waals surface area contributed by atoms with Crippen LogP contribution >= 0.6 is 11.6 Å². The molecule has 0 amide bonds. The van der Waals surface area contributed by atoms with E-state index in [1.165, 1.54) is 0 Å². The van der Waals surface area contributed by atoms with Crippen molar-refractivity contribution in [2.45, 2.75) is 44.8 Å². The summed E-state index contributed by atoms with van der Waals surface area (Å²) in [4.78, 5) is 2.31. The fourth-order valence-corrected chi connectivity index (χ4v) is 3.72. The molecule has 2 aromatic rings. The second-order valence-electron chi connectivity index (χ2n) is 6.83. The zero-order valence-electron chi connectivity index (χ0n) is 14.3. The highest BCUT2D eigenvalue weighted by atomic mass is 35.5. The number of aliphatic hydroxyl groups excluding tert-OH is 1. The van der Waals surface area contributed by atoms with E-state index in [1.54, 1.807) is 0 Å². The van der Waals surface area contributed by atoms with Crippen LogP contribution in [0.25, 0.3) is 0 Å². The summed E-state index contributed by atoms with van der Waals surface area (Å²) in [5.74, 6) is 1.42. The standard InChI is InChI=1S/C18H25ClN4O/c1-13(2)23-12-20-21-18(23)14-6-5-9-22(10-14)11-17(24)15-7-3-4-8-16(15)19/h3-4,7-8,12-14,17,24H,5-6,9-11H2,1-2H3. The molecule has 0 saturated carbocycles. The summed E-state index contributed by atoms with van der Waals surface area (Å²) in [5.41, 5.74) is 0.798.